The Labute approximate surface area is 157 Å². The Hall–Kier alpha value is -0.0800. The fourth-order valence-electron chi connectivity index (χ4n) is 4.63. The van der Waals surface area contributed by atoms with Gasteiger partial charge in [-0.25, -0.2) is 0 Å². The lowest BCUT2D eigenvalue weighted by molar-refractivity contribution is -0.108. The summed E-state index contributed by atoms with van der Waals surface area (Å²) in [5.41, 5.74) is 0.309. The van der Waals surface area contributed by atoms with Crippen molar-refractivity contribution in [3.05, 3.63) is 0 Å². The molecule has 1 heterocycles. The van der Waals surface area contributed by atoms with Crippen molar-refractivity contribution >= 4 is 29.9 Å². The summed E-state index contributed by atoms with van der Waals surface area (Å²) >= 11 is 0. The van der Waals surface area contributed by atoms with Crippen molar-refractivity contribution in [2.75, 3.05) is 20.8 Å². The number of guanidine groups is 1. The Kier molecular flexibility index (Phi) is 5.58. The van der Waals surface area contributed by atoms with Crippen LogP contribution in [0.15, 0.2) is 4.99 Å². The zero-order chi connectivity index (χ0) is 16.1. The van der Waals surface area contributed by atoms with Crippen molar-refractivity contribution in [1.29, 1.82) is 0 Å². The number of halogens is 1. The molecule has 2 saturated carbocycles. The van der Waals surface area contributed by atoms with E-state index in [1.54, 1.807) is 7.11 Å². The van der Waals surface area contributed by atoms with Crippen LogP contribution in [0.3, 0.4) is 0 Å². The van der Waals surface area contributed by atoms with Gasteiger partial charge in [-0.15, -0.1) is 24.0 Å². The van der Waals surface area contributed by atoms with Crippen LogP contribution >= 0.6 is 24.0 Å². The molecule has 1 saturated heterocycles. The van der Waals surface area contributed by atoms with Crippen LogP contribution in [-0.4, -0.2) is 51.0 Å². The Bertz CT molecular complexity index is 467. The molecule has 1 aliphatic heterocycles. The van der Waals surface area contributed by atoms with Crippen LogP contribution in [0.5, 0.6) is 0 Å². The summed E-state index contributed by atoms with van der Waals surface area (Å²) in [5.74, 6) is 1.53. The average Bonchev–Trinajstić information content (AvgIpc) is 2.92. The van der Waals surface area contributed by atoms with E-state index in [1.165, 1.54) is 0 Å². The minimum Gasteiger partial charge on any atom is -0.381 e. The molecule has 2 aliphatic carbocycles. The van der Waals surface area contributed by atoms with Crippen LogP contribution in [0.4, 0.5) is 0 Å². The Balaban J connectivity index is 0.00000192. The summed E-state index contributed by atoms with van der Waals surface area (Å²) in [5, 5.41) is 7.25. The van der Waals surface area contributed by atoms with Gasteiger partial charge in [-0.2, -0.15) is 0 Å². The molecule has 5 unspecified atom stereocenters. The van der Waals surface area contributed by atoms with Gasteiger partial charge >= 0.3 is 0 Å². The second kappa shape index (κ2) is 6.67. The van der Waals surface area contributed by atoms with Gasteiger partial charge in [-0.05, 0) is 12.8 Å². The number of fused-ring (bicyclic) bond motifs is 1. The summed E-state index contributed by atoms with van der Waals surface area (Å²) in [6.07, 6.45) is 2.92. The first-order valence-corrected chi connectivity index (χ1v) is 8.46. The molecule has 0 aromatic carbocycles. The van der Waals surface area contributed by atoms with Crippen molar-refractivity contribution in [1.82, 2.24) is 10.6 Å². The van der Waals surface area contributed by atoms with E-state index >= 15 is 0 Å². The molecular formula is C17H32IN3O2. The molecule has 23 heavy (non-hydrogen) atoms. The summed E-state index contributed by atoms with van der Waals surface area (Å²) in [6, 6.07) is 0.843. The van der Waals surface area contributed by atoms with Gasteiger partial charge < -0.3 is 20.1 Å². The molecule has 0 aromatic rings. The summed E-state index contributed by atoms with van der Waals surface area (Å²) < 4.78 is 11.4. The van der Waals surface area contributed by atoms with Gasteiger partial charge in [0.05, 0.1) is 12.2 Å². The predicted molar refractivity (Wildman–Crippen MR) is 103 cm³/mol. The molecule has 6 heteroatoms. The van der Waals surface area contributed by atoms with Crippen molar-refractivity contribution in [2.45, 2.75) is 64.8 Å². The van der Waals surface area contributed by atoms with Gasteiger partial charge in [0.1, 0.15) is 0 Å². The molecule has 0 amide bonds. The predicted octanol–water partition coefficient (Wildman–Crippen LogP) is 2.40. The molecule has 5 nitrogen and oxygen atoms in total. The number of methoxy groups -OCH3 is 1. The quantitative estimate of drug-likeness (QED) is 0.405. The van der Waals surface area contributed by atoms with Crippen LogP contribution in [0, 0.1) is 16.7 Å². The molecule has 3 rings (SSSR count). The van der Waals surface area contributed by atoms with E-state index in [1.807, 2.05) is 7.05 Å². The topological polar surface area (TPSA) is 54.9 Å². The maximum atomic E-state index is 5.87. The molecule has 0 radical (unpaired) electrons. The number of ether oxygens (including phenoxy) is 2. The van der Waals surface area contributed by atoms with Crippen LogP contribution in [0.1, 0.15) is 40.5 Å². The van der Waals surface area contributed by atoms with Gasteiger partial charge in [0.2, 0.25) is 0 Å². The molecule has 0 bridgehead atoms. The van der Waals surface area contributed by atoms with Gasteiger partial charge in [0.25, 0.3) is 0 Å². The van der Waals surface area contributed by atoms with E-state index in [0.717, 1.165) is 25.4 Å². The SMILES string of the molecule is CN=C(NC1CC(OC)C1(C)C)NC1C2CCOC2C1(C)C.I. The van der Waals surface area contributed by atoms with Gasteiger partial charge in [-0.1, -0.05) is 27.7 Å². The minimum atomic E-state index is 0. The number of nitrogens with zero attached hydrogens (tertiary/aromatic N) is 1. The summed E-state index contributed by atoms with van der Waals surface area (Å²) in [7, 11) is 3.65. The third kappa shape index (κ3) is 2.99. The highest BCUT2D eigenvalue weighted by Crippen LogP contribution is 2.52. The third-order valence-electron chi connectivity index (χ3n) is 6.39. The number of nitrogens with one attached hydrogen (secondary N) is 2. The molecular weight excluding hydrogens is 405 g/mol. The standard InChI is InChI=1S/C17H31N3O2.HI/c1-16(2)11(9-12(16)21-6)19-15(18-5)20-13-10-7-8-22-14(10)17(13,3)4;/h10-14H,7-9H2,1-6H3,(H2,18,19,20);1H. The van der Waals surface area contributed by atoms with Crippen molar-refractivity contribution < 1.29 is 9.47 Å². The molecule has 3 fully saturated rings. The molecule has 5 atom stereocenters. The summed E-state index contributed by atoms with van der Waals surface area (Å²) in [6.45, 7) is 9.99. The molecule has 134 valence electrons. The van der Waals surface area contributed by atoms with Crippen molar-refractivity contribution in [2.24, 2.45) is 21.7 Å². The van der Waals surface area contributed by atoms with Crippen LogP contribution in [-0.2, 0) is 9.47 Å². The van der Waals surface area contributed by atoms with Crippen LogP contribution in [0.2, 0.25) is 0 Å². The van der Waals surface area contributed by atoms with E-state index in [2.05, 4.69) is 43.3 Å². The van der Waals surface area contributed by atoms with Crippen LogP contribution < -0.4 is 10.6 Å². The number of hydrogen-bond donors (Lipinski definition) is 2. The lowest BCUT2D eigenvalue weighted by atomic mass is 9.57. The van der Waals surface area contributed by atoms with E-state index in [-0.39, 0.29) is 34.8 Å². The second-order valence-electron chi connectivity index (χ2n) is 8.24. The average molecular weight is 437 g/mol. The Morgan fingerprint density at radius 1 is 1.17 bits per heavy atom. The number of hydrogen-bond acceptors (Lipinski definition) is 3. The first kappa shape index (κ1) is 19.2. The number of aliphatic imine (C=N–C) groups is 1. The van der Waals surface area contributed by atoms with Gasteiger partial charge in [0, 0.05) is 49.6 Å². The first-order chi connectivity index (χ1) is 10.3. The highest BCUT2D eigenvalue weighted by Gasteiger charge is 2.59. The monoisotopic (exact) mass is 437 g/mol. The maximum Gasteiger partial charge on any atom is 0.191 e. The maximum absolute atomic E-state index is 5.87. The van der Waals surface area contributed by atoms with Crippen LogP contribution in [0.25, 0.3) is 0 Å². The highest BCUT2D eigenvalue weighted by molar-refractivity contribution is 14.0. The lowest BCUT2D eigenvalue weighted by Gasteiger charge is -2.56. The first-order valence-electron chi connectivity index (χ1n) is 8.46. The zero-order valence-electron chi connectivity index (χ0n) is 15.2. The Morgan fingerprint density at radius 2 is 1.87 bits per heavy atom. The zero-order valence-corrected chi connectivity index (χ0v) is 17.5. The summed E-state index contributed by atoms with van der Waals surface area (Å²) in [4.78, 5) is 4.44. The smallest absolute Gasteiger partial charge is 0.191 e. The van der Waals surface area contributed by atoms with E-state index in [4.69, 9.17) is 9.47 Å². The normalized spacial score (nSPS) is 40.3. The molecule has 3 aliphatic rings. The second-order valence-corrected chi connectivity index (χ2v) is 8.24. The highest BCUT2D eigenvalue weighted by atomic mass is 127. The van der Waals surface area contributed by atoms with Crippen molar-refractivity contribution in [3.8, 4) is 0 Å². The molecule has 0 spiro atoms. The number of rotatable bonds is 3. The van der Waals surface area contributed by atoms with Gasteiger partial charge in [-0.3, -0.25) is 4.99 Å². The van der Waals surface area contributed by atoms with E-state index < -0.39 is 0 Å². The van der Waals surface area contributed by atoms with E-state index in [9.17, 15) is 0 Å². The fraction of sp³-hybridized carbons (Fsp3) is 0.941. The Morgan fingerprint density at radius 3 is 2.43 bits per heavy atom. The largest absolute Gasteiger partial charge is 0.381 e. The third-order valence-corrected chi connectivity index (χ3v) is 6.39. The molecule has 2 N–H and O–H groups in total. The van der Waals surface area contributed by atoms with Crippen molar-refractivity contribution in [3.63, 3.8) is 0 Å². The lowest BCUT2D eigenvalue weighted by Crippen LogP contribution is -2.70. The van der Waals surface area contributed by atoms with E-state index in [0.29, 0.717) is 30.2 Å². The minimum absolute atomic E-state index is 0. The van der Waals surface area contributed by atoms with Gasteiger partial charge in [0.15, 0.2) is 5.96 Å². The molecule has 0 aromatic heterocycles. The fourth-order valence-corrected chi connectivity index (χ4v) is 4.63.